The van der Waals surface area contributed by atoms with Crippen molar-refractivity contribution in [2.24, 2.45) is 0 Å². The average Bonchev–Trinajstić information content (AvgIpc) is 3.49. The van der Waals surface area contributed by atoms with Crippen LogP contribution in [0.5, 0.6) is 0 Å². The Balaban J connectivity index is 1.42. The summed E-state index contributed by atoms with van der Waals surface area (Å²) in [6, 6.07) is 22.7. The number of thiocarbonyl (C=S) groups is 1. The molecule has 0 radical (unpaired) electrons. The molecule has 4 aromatic rings. The quantitative estimate of drug-likeness (QED) is 0.262. The van der Waals surface area contributed by atoms with Crippen LogP contribution in [0.1, 0.15) is 41.1 Å². The number of carbonyl (C=O) groups excluding carboxylic acids is 1. The minimum absolute atomic E-state index is 0.0804. The third kappa shape index (κ3) is 5.38. The summed E-state index contributed by atoms with van der Waals surface area (Å²) in [6.45, 7) is 4.39. The predicted octanol–water partition coefficient (Wildman–Crippen LogP) is 6.61. The van der Waals surface area contributed by atoms with Crippen molar-refractivity contribution in [3.63, 3.8) is 0 Å². The van der Waals surface area contributed by atoms with Gasteiger partial charge in [0.05, 0.1) is 11.7 Å². The number of nitrogens with one attached hydrogen (secondary N) is 2. The van der Waals surface area contributed by atoms with Crippen LogP contribution in [0.25, 0.3) is 11.3 Å². The number of rotatable bonds is 7. The molecule has 5 rings (SSSR count). The van der Waals surface area contributed by atoms with Gasteiger partial charge >= 0.3 is 0 Å². The van der Waals surface area contributed by atoms with E-state index >= 15 is 0 Å². The smallest absolute Gasteiger partial charge is 0.226 e. The van der Waals surface area contributed by atoms with Crippen LogP contribution in [-0.4, -0.2) is 27.4 Å². The highest BCUT2D eigenvalue weighted by atomic mass is 35.5. The second kappa shape index (κ2) is 10.7. The molecular formula is C29H27ClN4O2S. The number of amides is 1. The Labute approximate surface area is 226 Å². The van der Waals surface area contributed by atoms with Gasteiger partial charge in [0.25, 0.3) is 0 Å². The monoisotopic (exact) mass is 530 g/mol. The Hall–Kier alpha value is -3.68. The second-order valence-electron chi connectivity index (χ2n) is 9.10. The Morgan fingerprint density at radius 1 is 1.11 bits per heavy atom. The number of furan rings is 1. The Morgan fingerprint density at radius 3 is 2.73 bits per heavy atom. The maximum absolute atomic E-state index is 12.8. The van der Waals surface area contributed by atoms with Crippen molar-refractivity contribution in [2.75, 3.05) is 11.9 Å². The van der Waals surface area contributed by atoms with E-state index in [4.69, 9.17) is 28.2 Å². The Kier molecular flexibility index (Phi) is 7.26. The number of nitrogens with zero attached hydrogens (tertiary/aromatic N) is 2. The highest BCUT2D eigenvalue weighted by Gasteiger charge is 2.41. The zero-order valence-electron chi connectivity index (χ0n) is 20.6. The van der Waals surface area contributed by atoms with Crippen LogP contribution in [0.3, 0.4) is 0 Å². The molecule has 1 fully saturated rings. The van der Waals surface area contributed by atoms with Gasteiger partial charge in [-0.15, -0.1) is 0 Å². The van der Waals surface area contributed by atoms with Gasteiger partial charge in [-0.25, -0.2) is 0 Å². The third-order valence-electron chi connectivity index (χ3n) is 6.53. The van der Waals surface area contributed by atoms with Crippen molar-refractivity contribution >= 4 is 40.5 Å². The number of carbonyl (C=O) groups is 1. The van der Waals surface area contributed by atoms with Gasteiger partial charge in [0.1, 0.15) is 17.6 Å². The van der Waals surface area contributed by atoms with Gasteiger partial charge in [-0.1, -0.05) is 41.9 Å². The van der Waals surface area contributed by atoms with Crippen molar-refractivity contribution in [3.8, 4) is 11.3 Å². The fourth-order valence-corrected chi connectivity index (χ4v) is 5.16. The number of halogens is 1. The topological polar surface area (TPSA) is 70.4 Å². The summed E-state index contributed by atoms with van der Waals surface area (Å²) in [5.41, 5.74) is 4.60. The normalized spacial score (nSPS) is 17.1. The lowest BCUT2D eigenvalue weighted by atomic mass is 10.0. The van der Waals surface area contributed by atoms with Gasteiger partial charge in [0, 0.05) is 35.4 Å². The molecule has 1 aliphatic heterocycles. The molecule has 1 saturated heterocycles. The summed E-state index contributed by atoms with van der Waals surface area (Å²) < 4.78 is 6.41. The highest BCUT2D eigenvalue weighted by Crippen LogP contribution is 2.41. The summed E-state index contributed by atoms with van der Waals surface area (Å²) >= 11 is 12.1. The molecule has 2 aromatic heterocycles. The molecule has 2 atom stereocenters. The van der Waals surface area contributed by atoms with Gasteiger partial charge in [-0.2, -0.15) is 0 Å². The van der Waals surface area contributed by atoms with E-state index in [0.717, 1.165) is 39.6 Å². The minimum Gasteiger partial charge on any atom is -0.459 e. The van der Waals surface area contributed by atoms with Crippen LogP contribution in [-0.2, 0) is 4.79 Å². The zero-order chi connectivity index (χ0) is 25.9. The molecule has 2 N–H and O–H groups in total. The molecule has 8 heteroatoms. The van der Waals surface area contributed by atoms with Crippen LogP contribution in [0.4, 0.5) is 5.69 Å². The summed E-state index contributed by atoms with van der Waals surface area (Å²) in [6.07, 6.45) is 2.03. The lowest BCUT2D eigenvalue weighted by Gasteiger charge is -2.26. The number of hydrogen-bond acceptors (Lipinski definition) is 4. The zero-order valence-corrected chi connectivity index (χ0v) is 22.1. The van der Waals surface area contributed by atoms with E-state index in [1.165, 1.54) is 0 Å². The molecule has 0 spiro atoms. The van der Waals surface area contributed by atoms with E-state index in [-0.39, 0.29) is 24.4 Å². The van der Waals surface area contributed by atoms with Gasteiger partial charge in [-0.05, 0) is 79.7 Å². The first-order valence-electron chi connectivity index (χ1n) is 12.1. The van der Waals surface area contributed by atoms with Crippen molar-refractivity contribution in [3.05, 3.63) is 107 Å². The molecule has 188 valence electrons. The highest BCUT2D eigenvalue weighted by molar-refractivity contribution is 7.80. The van der Waals surface area contributed by atoms with Crippen LogP contribution >= 0.6 is 23.8 Å². The molecule has 3 heterocycles. The van der Waals surface area contributed by atoms with Crippen LogP contribution in [0.2, 0.25) is 5.02 Å². The first-order valence-corrected chi connectivity index (χ1v) is 12.9. The van der Waals surface area contributed by atoms with E-state index in [1.54, 1.807) is 6.20 Å². The van der Waals surface area contributed by atoms with E-state index in [9.17, 15) is 4.79 Å². The lowest BCUT2D eigenvalue weighted by Crippen LogP contribution is -2.32. The maximum Gasteiger partial charge on any atom is 0.226 e. The van der Waals surface area contributed by atoms with Crippen molar-refractivity contribution < 1.29 is 9.21 Å². The Bertz CT molecular complexity index is 1440. The number of anilines is 1. The SMILES string of the molecule is Cc1cccc(NC(=O)CCN2C(=S)NC(c3ccccn3)C2c2ccc(-c3cccc(Cl)c3C)o2)c1. The number of benzene rings is 2. The molecule has 2 unspecified atom stereocenters. The molecule has 0 aliphatic carbocycles. The van der Waals surface area contributed by atoms with Crippen molar-refractivity contribution in [2.45, 2.75) is 32.4 Å². The van der Waals surface area contributed by atoms with Gasteiger partial charge < -0.3 is 20.0 Å². The number of hydrogen-bond donors (Lipinski definition) is 2. The van der Waals surface area contributed by atoms with Crippen LogP contribution in [0, 0.1) is 13.8 Å². The van der Waals surface area contributed by atoms with Gasteiger partial charge in [0.15, 0.2) is 5.11 Å². The van der Waals surface area contributed by atoms with Crippen molar-refractivity contribution in [1.29, 1.82) is 0 Å². The first-order chi connectivity index (χ1) is 17.9. The molecule has 1 amide bonds. The van der Waals surface area contributed by atoms with E-state index in [0.29, 0.717) is 16.7 Å². The molecule has 0 saturated carbocycles. The standard InChI is InChI=1S/C29H27ClN4O2S/c1-18-7-5-8-20(17-18)32-26(35)14-16-34-28(27(33-29(34)37)23-11-3-4-15-31-23)25-13-12-24(36-25)21-9-6-10-22(30)19(21)2/h3-13,15,17,27-28H,14,16H2,1-2H3,(H,32,35)(H,33,37). The van der Waals surface area contributed by atoms with Gasteiger partial charge in [0.2, 0.25) is 5.91 Å². The van der Waals surface area contributed by atoms with Crippen LogP contribution < -0.4 is 10.6 Å². The van der Waals surface area contributed by atoms with Crippen LogP contribution in [0.15, 0.2) is 83.4 Å². The predicted molar refractivity (Wildman–Crippen MR) is 150 cm³/mol. The molecule has 6 nitrogen and oxygen atoms in total. The molecule has 1 aliphatic rings. The fourth-order valence-electron chi connectivity index (χ4n) is 4.65. The summed E-state index contributed by atoms with van der Waals surface area (Å²) in [5, 5.41) is 7.62. The molecule has 2 aromatic carbocycles. The van der Waals surface area contributed by atoms with E-state index in [1.807, 2.05) is 91.5 Å². The van der Waals surface area contributed by atoms with Crippen molar-refractivity contribution in [1.82, 2.24) is 15.2 Å². The van der Waals surface area contributed by atoms with E-state index in [2.05, 4.69) is 15.6 Å². The fraction of sp³-hybridized carbons (Fsp3) is 0.207. The molecular weight excluding hydrogens is 504 g/mol. The van der Waals surface area contributed by atoms with E-state index < -0.39 is 0 Å². The average molecular weight is 531 g/mol. The summed E-state index contributed by atoms with van der Waals surface area (Å²) in [4.78, 5) is 19.4. The number of aromatic nitrogens is 1. The Morgan fingerprint density at radius 2 is 1.95 bits per heavy atom. The third-order valence-corrected chi connectivity index (χ3v) is 7.29. The lowest BCUT2D eigenvalue weighted by molar-refractivity contribution is -0.116. The second-order valence-corrected chi connectivity index (χ2v) is 9.90. The molecule has 0 bridgehead atoms. The number of pyridine rings is 1. The largest absolute Gasteiger partial charge is 0.459 e. The summed E-state index contributed by atoms with van der Waals surface area (Å²) in [7, 11) is 0. The van der Waals surface area contributed by atoms with Gasteiger partial charge in [-0.3, -0.25) is 9.78 Å². The number of aryl methyl sites for hydroxylation is 1. The summed E-state index contributed by atoms with van der Waals surface area (Å²) in [5.74, 6) is 1.38. The first kappa shape index (κ1) is 25.0. The maximum atomic E-state index is 12.8. The minimum atomic E-state index is -0.276. The molecule has 37 heavy (non-hydrogen) atoms.